The zero-order valence-electron chi connectivity index (χ0n) is 18.1. The van der Waals surface area contributed by atoms with Gasteiger partial charge >= 0.3 is 6.01 Å². The van der Waals surface area contributed by atoms with Crippen LogP contribution in [-0.4, -0.2) is 52.5 Å². The molecule has 11 heteroatoms. The normalized spacial score (nSPS) is 15.8. The van der Waals surface area contributed by atoms with Gasteiger partial charge in [0.05, 0.1) is 16.8 Å². The van der Waals surface area contributed by atoms with Gasteiger partial charge in [0.25, 0.3) is 0 Å². The van der Waals surface area contributed by atoms with E-state index in [2.05, 4.69) is 28.9 Å². The minimum absolute atomic E-state index is 0.249. The number of rotatable bonds is 5. The molecular weight excluding hydrogens is 448 g/mol. The molecular formula is C21H24N6O3S2. The Bertz CT molecular complexity index is 1310. The molecule has 5 rings (SSSR count). The summed E-state index contributed by atoms with van der Waals surface area (Å²) in [4.78, 5) is 12.5. The molecule has 0 N–H and O–H groups in total. The molecule has 1 aromatic carbocycles. The van der Waals surface area contributed by atoms with Gasteiger partial charge in [0, 0.05) is 36.7 Å². The van der Waals surface area contributed by atoms with Crippen LogP contribution in [0.1, 0.15) is 49.4 Å². The second kappa shape index (κ2) is 7.96. The van der Waals surface area contributed by atoms with E-state index in [1.807, 2.05) is 10.7 Å². The smallest absolute Gasteiger partial charge is 0.324 e. The van der Waals surface area contributed by atoms with Crippen LogP contribution in [0.5, 0.6) is 0 Å². The predicted octanol–water partition coefficient (Wildman–Crippen LogP) is 3.75. The monoisotopic (exact) mass is 472 g/mol. The number of aromatic nitrogens is 5. The van der Waals surface area contributed by atoms with Gasteiger partial charge in [0.2, 0.25) is 4.96 Å². The average molecular weight is 473 g/mol. The molecule has 0 aliphatic carbocycles. The molecule has 3 aromatic heterocycles. The number of hydrogen-bond acceptors (Lipinski definition) is 9. The van der Waals surface area contributed by atoms with Crippen LogP contribution in [0.15, 0.2) is 39.9 Å². The van der Waals surface area contributed by atoms with Gasteiger partial charge in [-0.2, -0.15) is 10.1 Å². The van der Waals surface area contributed by atoms with Crippen molar-refractivity contribution >= 4 is 32.1 Å². The summed E-state index contributed by atoms with van der Waals surface area (Å²) in [6, 6.07) is 7.38. The van der Waals surface area contributed by atoms with E-state index in [9.17, 15) is 8.42 Å². The van der Waals surface area contributed by atoms with Crippen LogP contribution in [0.3, 0.4) is 0 Å². The largest absolute Gasteiger partial charge is 0.324 e. The molecule has 1 saturated heterocycles. The van der Waals surface area contributed by atoms with Crippen molar-refractivity contribution in [2.24, 2.45) is 0 Å². The Kier molecular flexibility index (Phi) is 5.25. The minimum Gasteiger partial charge on any atom is -0.324 e. The molecule has 32 heavy (non-hydrogen) atoms. The van der Waals surface area contributed by atoms with Gasteiger partial charge in [-0.3, -0.25) is 0 Å². The molecule has 0 spiro atoms. The van der Waals surface area contributed by atoms with Crippen LogP contribution < -0.4 is 4.90 Å². The number of sulfone groups is 1. The number of imidazole rings is 1. The number of anilines is 1. The van der Waals surface area contributed by atoms with Crippen molar-refractivity contribution in [3.63, 3.8) is 0 Å². The Morgan fingerprint density at radius 2 is 1.84 bits per heavy atom. The first-order valence-electron chi connectivity index (χ1n) is 10.5. The number of hydrogen-bond donors (Lipinski definition) is 0. The maximum Gasteiger partial charge on any atom is 0.324 e. The Hall–Kier alpha value is -2.79. The lowest BCUT2D eigenvalue weighted by atomic mass is 9.98. The van der Waals surface area contributed by atoms with E-state index in [4.69, 9.17) is 14.6 Å². The van der Waals surface area contributed by atoms with Gasteiger partial charge in [0.1, 0.15) is 5.01 Å². The summed E-state index contributed by atoms with van der Waals surface area (Å²) >= 11 is 1.61. The fraction of sp³-hybridized carbons (Fsp3) is 0.429. The minimum atomic E-state index is -3.21. The molecule has 1 aliphatic heterocycles. The van der Waals surface area contributed by atoms with E-state index in [1.54, 1.807) is 35.6 Å². The quantitative estimate of drug-likeness (QED) is 0.432. The van der Waals surface area contributed by atoms with Crippen molar-refractivity contribution in [1.29, 1.82) is 0 Å². The third kappa shape index (κ3) is 4.02. The molecule has 9 nitrogen and oxygen atoms in total. The summed E-state index contributed by atoms with van der Waals surface area (Å²) in [6.07, 6.45) is 5.03. The Balaban J connectivity index is 1.28. The third-order valence-electron chi connectivity index (χ3n) is 5.70. The van der Waals surface area contributed by atoms with Gasteiger partial charge in [-0.1, -0.05) is 42.5 Å². The van der Waals surface area contributed by atoms with E-state index in [1.165, 1.54) is 6.26 Å². The molecule has 0 saturated carbocycles. The summed E-state index contributed by atoms with van der Waals surface area (Å²) < 4.78 is 30.6. The summed E-state index contributed by atoms with van der Waals surface area (Å²) in [5.74, 6) is 1.37. The predicted molar refractivity (Wildman–Crippen MR) is 122 cm³/mol. The fourth-order valence-corrected chi connectivity index (χ4v) is 5.48. The van der Waals surface area contributed by atoms with Crippen LogP contribution in [0.2, 0.25) is 0 Å². The van der Waals surface area contributed by atoms with Gasteiger partial charge in [0.15, 0.2) is 15.7 Å². The molecule has 0 unspecified atom stereocenters. The van der Waals surface area contributed by atoms with Crippen LogP contribution in [0, 0.1) is 0 Å². The highest BCUT2D eigenvalue weighted by Crippen LogP contribution is 2.33. The van der Waals surface area contributed by atoms with Crippen LogP contribution >= 0.6 is 11.3 Å². The van der Waals surface area contributed by atoms with Gasteiger partial charge < -0.3 is 9.42 Å². The van der Waals surface area contributed by atoms with Gasteiger partial charge in [-0.25, -0.2) is 17.9 Å². The summed E-state index contributed by atoms with van der Waals surface area (Å²) in [7, 11) is -3.21. The topological polar surface area (TPSA) is 106 Å². The van der Waals surface area contributed by atoms with Gasteiger partial charge in [-0.05, 0) is 25.0 Å². The second-order valence-electron chi connectivity index (χ2n) is 8.44. The number of fused-ring (bicyclic) bond motifs is 1. The molecule has 168 valence electrons. The van der Waals surface area contributed by atoms with Crippen LogP contribution in [0.4, 0.5) is 6.01 Å². The number of nitrogens with zero attached hydrogens (tertiary/aromatic N) is 6. The van der Waals surface area contributed by atoms with Crippen molar-refractivity contribution in [2.75, 3.05) is 24.2 Å². The zero-order chi connectivity index (χ0) is 22.5. The average Bonchev–Trinajstić information content (AvgIpc) is 3.48. The Morgan fingerprint density at radius 3 is 2.44 bits per heavy atom. The van der Waals surface area contributed by atoms with Crippen molar-refractivity contribution in [3.8, 4) is 11.3 Å². The van der Waals surface area contributed by atoms with E-state index in [0.717, 1.165) is 53.0 Å². The highest BCUT2D eigenvalue weighted by molar-refractivity contribution is 7.90. The molecule has 1 aliphatic rings. The highest BCUT2D eigenvalue weighted by atomic mass is 32.2. The molecule has 0 atom stereocenters. The lowest BCUT2D eigenvalue weighted by molar-refractivity contribution is 0.386. The van der Waals surface area contributed by atoms with Crippen LogP contribution in [0.25, 0.3) is 16.2 Å². The zero-order valence-corrected chi connectivity index (χ0v) is 19.7. The first-order chi connectivity index (χ1) is 15.3. The molecule has 4 heterocycles. The maximum atomic E-state index is 11.7. The molecule has 4 aromatic rings. The number of piperidine rings is 1. The first kappa shape index (κ1) is 21.1. The SMILES string of the molecule is CC(C)c1noc(N2CCC(c3nn4cc(-c5ccc(S(C)(=O)=O)cc5)nc4s3)CC2)n1. The fourth-order valence-electron chi connectivity index (χ4n) is 3.80. The first-order valence-corrected chi connectivity index (χ1v) is 13.2. The lowest BCUT2D eigenvalue weighted by Gasteiger charge is -2.29. The van der Waals surface area contributed by atoms with Gasteiger partial charge in [-0.15, -0.1) is 0 Å². The molecule has 0 amide bonds. The summed E-state index contributed by atoms with van der Waals surface area (Å²) in [5, 5.41) is 9.91. The van der Waals surface area contributed by atoms with E-state index in [0.29, 0.717) is 16.8 Å². The van der Waals surface area contributed by atoms with Crippen LogP contribution in [-0.2, 0) is 9.84 Å². The second-order valence-corrected chi connectivity index (χ2v) is 11.4. The summed E-state index contributed by atoms with van der Waals surface area (Å²) in [5.41, 5.74) is 1.65. The van der Waals surface area contributed by atoms with E-state index >= 15 is 0 Å². The Morgan fingerprint density at radius 1 is 1.12 bits per heavy atom. The standard InChI is InChI=1S/C21H24N6O3S2/c1-13(2)18-23-20(30-25-18)26-10-8-15(9-11-26)19-24-27-12-17(22-21(27)31-19)14-4-6-16(7-5-14)32(3,28)29/h4-7,12-13,15H,8-11H2,1-3H3. The summed E-state index contributed by atoms with van der Waals surface area (Å²) in [6.45, 7) is 5.81. The number of benzene rings is 1. The molecule has 1 fully saturated rings. The highest BCUT2D eigenvalue weighted by Gasteiger charge is 2.27. The van der Waals surface area contributed by atoms with E-state index < -0.39 is 9.84 Å². The molecule has 0 radical (unpaired) electrons. The Labute approximate surface area is 190 Å². The van der Waals surface area contributed by atoms with Crippen molar-refractivity contribution in [3.05, 3.63) is 41.3 Å². The third-order valence-corrected chi connectivity index (χ3v) is 7.91. The maximum absolute atomic E-state index is 11.7. The van der Waals surface area contributed by atoms with Crippen molar-refractivity contribution in [2.45, 2.75) is 43.4 Å². The van der Waals surface area contributed by atoms with E-state index in [-0.39, 0.29) is 5.92 Å². The van der Waals surface area contributed by atoms with Crippen molar-refractivity contribution < 1.29 is 12.9 Å². The lowest BCUT2D eigenvalue weighted by Crippen LogP contribution is -2.33. The van der Waals surface area contributed by atoms with Crippen molar-refractivity contribution in [1.82, 2.24) is 24.7 Å². The molecule has 0 bridgehead atoms.